The SMILES string of the molecule is COc1cccc(C(=O)NC[C@H](C)CN(C)C)c1. The van der Waals surface area contributed by atoms with E-state index in [9.17, 15) is 4.79 Å². The molecule has 0 radical (unpaired) electrons. The number of ether oxygens (including phenoxy) is 1. The molecular formula is C14H22N2O2. The molecule has 0 saturated heterocycles. The Morgan fingerprint density at radius 2 is 2.17 bits per heavy atom. The molecule has 1 N–H and O–H groups in total. The third kappa shape index (κ3) is 4.75. The number of nitrogens with one attached hydrogen (secondary N) is 1. The molecule has 0 fully saturated rings. The topological polar surface area (TPSA) is 41.6 Å². The lowest BCUT2D eigenvalue weighted by molar-refractivity contribution is 0.0945. The number of nitrogens with zero attached hydrogens (tertiary/aromatic N) is 1. The van der Waals surface area contributed by atoms with Crippen LogP contribution in [-0.4, -0.2) is 45.1 Å². The van der Waals surface area contributed by atoms with E-state index in [1.807, 2.05) is 26.2 Å². The van der Waals surface area contributed by atoms with Gasteiger partial charge in [-0.1, -0.05) is 13.0 Å². The molecule has 1 rings (SSSR count). The van der Waals surface area contributed by atoms with Crippen molar-refractivity contribution in [1.29, 1.82) is 0 Å². The quantitative estimate of drug-likeness (QED) is 0.834. The molecule has 0 spiro atoms. The van der Waals surface area contributed by atoms with Crippen molar-refractivity contribution in [2.45, 2.75) is 6.92 Å². The van der Waals surface area contributed by atoms with E-state index in [0.29, 0.717) is 23.8 Å². The maximum atomic E-state index is 11.9. The van der Waals surface area contributed by atoms with Crippen LogP contribution in [0.3, 0.4) is 0 Å². The predicted molar refractivity (Wildman–Crippen MR) is 73.0 cm³/mol. The summed E-state index contributed by atoms with van der Waals surface area (Å²) in [6.07, 6.45) is 0. The Balaban J connectivity index is 2.49. The predicted octanol–water partition coefficient (Wildman–Crippen LogP) is 1.62. The van der Waals surface area contributed by atoms with Crippen LogP contribution in [0.2, 0.25) is 0 Å². The number of carbonyl (C=O) groups excluding carboxylic acids is 1. The molecule has 0 aromatic heterocycles. The van der Waals surface area contributed by atoms with Gasteiger partial charge in [0.2, 0.25) is 0 Å². The highest BCUT2D eigenvalue weighted by Gasteiger charge is 2.09. The van der Waals surface area contributed by atoms with Gasteiger partial charge < -0.3 is 15.0 Å². The van der Waals surface area contributed by atoms with Crippen LogP contribution in [0.25, 0.3) is 0 Å². The number of hydrogen-bond donors (Lipinski definition) is 1. The van der Waals surface area contributed by atoms with Crippen molar-refractivity contribution in [1.82, 2.24) is 10.2 Å². The van der Waals surface area contributed by atoms with Crippen molar-refractivity contribution < 1.29 is 9.53 Å². The van der Waals surface area contributed by atoms with Crippen molar-refractivity contribution in [3.63, 3.8) is 0 Å². The Labute approximate surface area is 109 Å². The van der Waals surface area contributed by atoms with E-state index in [1.165, 1.54) is 0 Å². The van der Waals surface area contributed by atoms with E-state index in [1.54, 1.807) is 19.2 Å². The zero-order chi connectivity index (χ0) is 13.5. The zero-order valence-electron chi connectivity index (χ0n) is 11.6. The number of carbonyl (C=O) groups is 1. The monoisotopic (exact) mass is 250 g/mol. The first-order valence-electron chi connectivity index (χ1n) is 6.10. The van der Waals surface area contributed by atoms with Gasteiger partial charge in [0.1, 0.15) is 5.75 Å². The third-order valence-electron chi connectivity index (χ3n) is 2.62. The molecule has 0 saturated carbocycles. The van der Waals surface area contributed by atoms with Crippen molar-refractivity contribution in [2.75, 3.05) is 34.3 Å². The summed E-state index contributed by atoms with van der Waals surface area (Å²) in [7, 11) is 5.65. The van der Waals surface area contributed by atoms with Gasteiger partial charge in [-0.2, -0.15) is 0 Å². The second-order valence-electron chi connectivity index (χ2n) is 4.81. The fourth-order valence-electron chi connectivity index (χ4n) is 1.82. The minimum Gasteiger partial charge on any atom is -0.497 e. The van der Waals surface area contributed by atoms with Gasteiger partial charge in [0.05, 0.1) is 7.11 Å². The Morgan fingerprint density at radius 1 is 1.44 bits per heavy atom. The molecular weight excluding hydrogens is 228 g/mol. The lowest BCUT2D eigenvalue weighted by Crippen LogP contribution is -2.32. The normalized spacial score (nSPS) is 12.3. The van der Waals surface area contributed by atoms with Crippen LogP contribution in [0.4, 0.5) is 0 Å². The summed E-state index contributed by atoms with van der Waals surface area (Å²) in [6, 6.07) is 7.17. The van der Waals surface area contributed by atoms with Gasteiger partial charge >= 0.3 is 0 Å². The number of benzene rings is 1. The van der Waals surface area contributed by atoms with E-state index in [2.05, 4.69) is 17.1 Å². The minimum absolute atomic E-state index is 0.0560. The van der Waals surface area contributed by atoms with Crippen LogP contribution < -0.4 is 10.1 Å². The Bertz CT molecular complexity index is 391. The molecule has 4 heteroatoms. The van der Waals surface area contributed by atoms with Gasteiger partial charge in [-0.3, -0.25) is 4.79 Å². The molecule has 18 heavy (non-hydrogen) atoms. The van der Waals surface area contributed by atoms with E-state index in [4.69, 9.17) is 4.74 Å². The Morgan fingerprint density at radius 3 is 2.78 bits per heavy atom. The van der Waals surface area contributed by atoms with Crippen LogP contribution in [0, 0.1) is 5.92 Å². The molecule has 4 nitrogen and oxygen atoms in total. The summed E-state index contributed by atoms with van der Waals surface area (Å²) in [5.74, 6) is 1.07. The van der Waals surface area contributed by atoms with Gasteiger partial charge in [-0.15, -0.1) is 0 Å². The van der Waals surface area contributed by atoms with Crippen LogP contribution in [0.15, 0.2) is 24.3 Å². The summed E-state index contributed by atoms with van der Waals surface area (Å²) < 4.78 is 5.10. The number of methoxy groups -OCH3 is 1. The van der Waals surface area contributed by atoms with Crippen LogP contribution in [0.1, 0.15) is 17.3 Å². The molecule has 0 bridgehead atoms. The van der Waals surface area contributed by atoms with Crippen molar-refractivity contribution in [2.24, 2.45) is 5.92 Å². The van der Waals surface area contributed by atoms with Crippen molar-refractivity contribution >= 4 is 5.91 Å². The largest absolute Gasteiger partial charge is 0.497 e. The van der Waals surface area contributed by atoms with Crippen LogP contribution >= 0.6 is 0 Å². The Kier molecular flexibility index (Phi) is 5.65. The Hall–Kier alpha value is -1.55. The van der Waals surface area contributed by atoms with Crippen LogP contribution in [-0.2, 0) is 0 Å². The third-order valence-corrected chi connectivity index (χ3v) is 2.62. The molecule has 100 valence electrons. The second-order valence-corrected chi connectivity index (χ2v) is 4.81. The molecule has 0 aliphatic rings. The fourth-order valence-corrected chi connectivity index (χ4v) is 1.82. The van der Waals surface area contributed by atoms with Gasteiger partial charge in [0, 0.05) is 18.7 Å². The fraction of sp³-hybridized carbons (Fsp3) is 0.500. The minimum atomic E-state index is -0.0560. The lowest BCUT2D eigenvalue weighted by Gasteiger charge is -2.17. The summed E-state index contributed by atoms with van der Waals surface area (Å²) >= 11 is 0. The molecule has 1 aromatic carbocycles. The van der Waals surface area contributed by atoms with Gasteiger partial charge in [-0.25, -0.2) is 0 Å². The van der Waals surface area contributed by atoms with Gasteiger partial charge in [0.25, 0.3) is 5.91 Å². The lowest BCUT2D eigenvalue weighted by atomic mass is 10.1. The summed E-state index contributed by atoms with van der Waals surface area (Å²) in [4.78, 5) is 14.0. The molecule has 1 amide bonds. The maximum absolute atomic E-state index is 11.9. The smallest absolute Gasteiger partial charge is 0.251 e. The number of rotatable bonds is 6. The first-order valence-corrected chi connectivity index (χ1v) is 6.10. The molecule has 0 heterocycles. The van der Waals surface area contributed by atoms with E-state index >= 15 is 0 Å². The van der Waals surface area contributed by atoms with E-state index in [0.717, 1.165) is 6.54 Å². The number of amides is 1. The van der Waals surface area contributed by atoms with Crippen LogP contribution in [0.5, 0.6) is 5.75 Å². The highest BCUT2D eigenvalue weighted by Crippen LogP contribution is 2.12. The van der Waals surface area contributed by atoms with Gasteiger partial charge in [0.15, 0.2) is 0 Å². The van der Waals surface area contributed by atoms with E-state index < -0.39 is 0 Å². The average molecular weight is 250 g/mol. The second kappa shape index (κ2) is 7.01. The van der Waals surface area contributed by atoms with Crippen molar-refractivity contribution in [3.05, 3.63) is 29.8 Å². The molecule has 0 aliphatic carbocycles. The summed E-state index contributed by atoms with van der Waals surface area (Å²) in [5.41, 5.74) is 0.631. The number of hydrogen-bond acceptors (Lipinski definition) is 3. The highest BCUT2D eigenvalue weighted by atomic mass is 16.5. The maximum Gasteiger partial charge on any atom is 0.251 e. The first-order chi connectivity index (χ1) is 8.52. The first kappa shape index (κ1) is 14.5. The summed E-state index contributed by atoms with van der Waals surface area (Å²) in [5, 5.41) is 2.93. The standard InChI is InChI=1S/C14H22N2O2/c1-11(10-16(2)3)9-15-14(17)12-6-5-7-13(8-12)18-4/h5-8,11H,9-10H2,1-4H3,(H,15,17)/t11-/m0/s1. The highest BCUT2D eigenvalue weighted by molar-refractivity contribution is 5.94. The average Bonchev–Trinajstić information content (AvgIpc) is 2.35. The van der Waals surface area contributed by atoms with Crippen molar-refractivity contribution in [3.8, 4) is 5.75 Å². The summed E-state index contributed by atoms with van der Waals surface area (Å²) in [6.45, 7) is 3.75. The van der Waals surface area contributed by atoms with E-state index in [-0.39, 0.29) is 5.91 Å². The molecule has 1 aromatic rings. The molecule has 0 unspecified atom stereocenters. The molecule has 1 atom stereocenters. The molecule has 0 aliphatic heterocycles. The van der Waals surface area contributed by atoms with Gasteiger partial charge in [-0.05, 0) is 38.2 Å². The zero-order valence-corrected chi connectivity index (χ0v) is 11.6.